The Kier molecular flexibility index (Phi) is 5.50. The van der Waals surface area contributed by atoms with Gasteiger partial charge in [-0.3, -0.25) is 0 Å². The van der Waals surface area contributed by atoms with E-state index >= 15 is 0 Å². The number of aromatic carboxylic acids is 1. The Bertz CT molecular complexity index is 421. The number of hydrogen-bond donors (Lipinski definition) is 3. The summed E-state index contributed by atoms with van der Waals surface area (Å²) < 4.78 is 0. The fourth-order valence-corrected chi connectivity index (χ4v) is 2.28. The van der Waals surface area contributed by atoms with Gasteiger partial charge in [-0.15, -0.1) is 11.8 Å². The molecule has 0 bridgehead atoms. The van der Waals surface area contributed by atoms with Crippen LogP contribution in [-0.4, -0.2) is 35.1 Å². The minimum absolute atomic E-state index is 0.0276. The van der Waals surface area contributed by atoms with Gasteiger partial charge in [0, 0.05) is 4.90 Å². The molecule has 0 saturated heterocycles. The van der Waals surface area contributed by atoms with Crippen molar-refractivity contribution in [1.82, 2.24) is 0 Å². The van der Waals surface area contributed by atoms with E-state index in [9.17, 15) is 15.0 Å². The first-order valence-corrected chi connectivity index (χ1v) is 7.01. The van der Waals surface area contributed by atoms with Crippen molar-refractivity contribution in [2.45, 2.75) is 24.8 Å². The minimum atomic E-state index is -0.956. The molecule has 0 saturated carbocycles. The van der Waals surface area contributed by atoms with Crippen LogP contribution in [0.15, 0.2) is 23.1 Å². The molecule has 0 spiro atoms. The zero-order valence-corrected chi connectivity index (χ0v) is 11.6. The van der Waals surface area contributed by atoms with Crippen LogP contribution in [0.4, 0.5) is 5.69 Å². The molecule has 0 aliphatic heterocycles. The molecule has 0 aliphatic rings. The van der Waals surface area contributed by atoms with Crippen molar-refractivity contribution < 1.29 is 15.0 Å². The SMILES string of the molecule is CSc1cccc(N[C@H](CO)C(C)C)c1C(=O)O. The third-order valence-electron chi connectivity index (χ3n) is 2.80. The molecule has 4 nitrogen and oxygen atoms in total. The van der Waals surface area contributed by atoms with Gasteiger partial charge in [0.1, 0.15) is 0 Å². The first kappa shape index (κ1) is 14.9. The van der Waals surface area contributed by atoms with Gasteiger partial charge in [-0.05, 0) is 24.3 Å². The second-order valence-electron chi connectivity index (χ2n) is 4.37. The lowest BCUT2D eigenvalue weighted by molar-refractivity contribution is 0.0694. The smallest absolute Gasteiger partial charge is 0.338 e. The third-order valence-corrected chi connectivity index (χ3v) is 3.58. The van der Waals surface area contributed by atoms with Crippen molar-refractivity contribution in [1.29, 1.82) is 0 Å². The normalized spacial score (nSPS) is 12.5. The number of rotatable bonds is 6. The topological polar surface area (TPSA) is 69.6 Å². The van der Waals surface area contributed by atoms with Gasteiger partial charge in [-0.1, -0.05) is 19.9 Å². The highest BCUT2D eigenvalue weighted by Gasteiger charge is 2.19. The highest BCUT2D eigenvalue weighted by atomic mass is 32.2. The van der Waals surface area contributed by atoms with E-state index in [1.54, 1.807) is 12.1 Å². The molecule has 0 aliphatic carbocycles. The largest absolute Gasteiger partial charge is 0.478 e. The maximum atomic E-state index is 11.3. The number of nitrogens with one attached hydrogen (secondary N) is 1. The molecule has 0 amide bonds. The maximum absolute atomic E-state index is 11.3. The highest BCUT2D eigenvalue weighted by Crippen LogP contribution is 2.28. The van der Waals surface area contributed by atoms with E-state index in [1.807, 2.05) is 26.2 Å². The number of hydrogen-bond acceptors (Lipinski definition) is 4. The van der Waals surface area contributed by atoms with Gasteiger partial charge in [0.25, 0.3) is 0 Å². The van der Waals surface area contributed by atoms with Gasteiger partial charge in [-0.2, -0.15) is 0 Å². The van der Waals surface area contributed by atoms with E-state index in [0.717, 1.165) is 0 Å². The Morgan fingerprint density at radius 3 is 2.56 bits per heavy atom. The van der Waals surface area contributed by atoms with Crippen LogP contribution in [-0.2, 0) is 0 Å². The predicted octanol–water partition coefficient (Wildman–Crippen LogP) is 2.54. The Morgan fingerprint density at radius 2 is 2.11 bits per heavy atom. The van der Waals surface area contributed by atoms with E-state index in [-0.39, 0.29) is 24.1 Å². The first-order valence-electron chi connectivity index (χ1n) is 5.79. The molecule has 5 heteroatoms. The molecule has 0 unspecified atom stereocenters. The molecule has 0 heterocycles. The van der Waals surface area contributed by atoms with E-state index in [1.165, 1.54) is 11.8 Å². The summed E-state index contributed by atoms with van der Waals surface area (Å²) in [6, 6.07) is 5.17. The van der Waals surface area contributed by atoms with Gasteiger partial charge in [0.05, 0.1) is 23.9 Å². The number of carbonyl (C=O) groups is 1. The lowest BCUT2D eigenvalue weighted by Crippen LogP contribution is -2.30. The number of carboxylic acids is 1. The molecule has 18 heavy (non-hydrogen) atoms. The van der Waals surface area contributed by atoms with Crippen molar-refractivity contribution in [2.24, 2.45) is 5.92 Å². The monoisotopic (exact) mass is 269 g/mol. The van der Waals surface area contributed by atoms with Crippen LogP contribution in [0.25, 0.3) is 0 Å². The molecular formula is C13H19NO3S. The van der Waals surface area contributed by atoms with Gasteiger partial charge in [0.2, 0.25) is 0 Å². The molecule has 0 fully saturated rings. The zero-order valence-electron chi connectivity index (χ0n) is 10.8. The molecule has 100 valence electrons. The van der Waals surface area contributed by atoms with E-state index in [2.05, 4.69) is 5.32 Å². The van der Waals surface area contributed by atoms with Crippen LogP contribution in [0.3, 0.4) is 0 Å². The summed E-state index contributed by atoms with van der Waals surface area (Å²) in [5.41, 5.74) is 0.825. The number of aliphatic hydroxyl groups is 1. The predicted molar refractivity (Wildman–Crippen MR) is 74.5 cm³/mol. The third kappa shape index (κ3) is 3.40. The summed E-state index contributed by atoms with van der Waals surface area (Å²) in [5, 5.41) is 21.7. The lowest BCUT2D eigenvalue weighted by atomic mass is 10.0. The van der Waals surface area contributed by atoms with Gasteiger partial charge in [-0.25, -0.2) is 4.79 Å². The summed E-state index contributed by atoms with van der Waals surface area (Å²) >= 11 is 1.40. The lowest BCUT2D eigenvalue weighted by Gasteiger charge is -2.22. The number of anilines is 1. The molecule has 3 N–H and O–H groups in total. The van der Waals surface area contributed by atoms with Crippen molar-refractivity contribution in [3.8, 4) is 0 Å². The summed E-state index contributed by atoms with van der Waals surface area (Å²) in [4.78, 5) is 12.0. The standard InChI is InChI=1S/C13H19NO3S/c1-8(2)10(7-15)14-9-5-4-6-11(18-3)12(9)13(16)17/h4-6,8,10,14-15H,7H2,1-3H3,(H,16,17)/t10-/m1/s1. The molecule has 0 radical (unpaired) electrons. The fourth-order valence-electron chi connectivity index (χ4n) is 1.66. The van der Waals surface area contributed by atoms with Crippen molar-refractivity contribution in [2.75, 3.05) is 18.2 Å². The molecular weight excluding hydrogens is 250 g/mol. The van der Waals surface area contributed by atoms with Crippen LogP contribution in [0.2, 0.25) is 0 Å². The van der Waals surface area contributed by atoms with E-state index in [4.69, 9.17) is 0 Å². The van der Waals surface area contributed by atoms with Crippen molar-refractivity contribution in [3.63, 3.8) is 0 Å². The maximum Gasteiger partial charge on any atom is 0.338 e. The summed E-state index contributed by atoms with van der Waals surface area (Å²) in [5.74, 6) is -0.738. The van der Waals surface area contributed by atoms with Crippen molar-refractivity contribution >= 4 is 23.4 Å². The summed E-state index contributed by atoms with van der Waals surface area (Å²) in [6.45, 7) is 3.93. The Morgan fingerprint density at radius 1 is 1.44 bits per heavy atom. The molecule has 1 aromatic carbocycles. The second kappa shape index (κ2) is 6.66. The minimum Gasteiger partial charge on any atom is -0.478 e. The Balaban J connectivity index is 3.12. The number of aliphatic hydroxyl groups excluding tert-OH is 1. The molecule has 1 aromatic rings. The molecule has 1 atom stereocenters. The Hall–Kier alpha value is -1.20. The number of thioether (sulfide) groups is 1. The average Bonchev–Trinajstić information content (AvgIpc) is 2.34. The first-order chi connectivity index (χ1) is 8.51. The number of benzene rings is 1. The van der Waals surface area contributed by atoms with Gasteiger partial charge < -0.3 is 15.5 Å². The Labute approximate surface area is 111 Å². The number of carboxylic acid groups (broad SMARTS) is 1. The van der Waals surface area contributed by atoms with Crippen LogP contribution in [0.5, 0.6) is 0 Å². The van der Waals surface area contributed by atoms with Crippen molar-refractivity contribution in [3.05, 3.63) is 23.8 Å². The molecule has 0 aromatic heterocycles. The molecule has 1 rings (SSSR count). The van der Waals surface area contributed by atoms with Crippen LogP contribution in [0.1, 0.15) is 24.2 Å². The fraction of sp³-hybridized carbons (Fsp3) is 0.462. The highest BCUT2D eigenvalue weighted by molar-refractivity contribution is 7.98. The zero-order chi connectivity index (χ0) is 13.7. The quantitative estimate of drug-likeness (QED) is 0.692. The van der Waals surface area contributed by atoms with Crippen LogP contribution < -0.4 is 5.32 Å². The van der Waals surface area contributed by atoms with Crippen LogP contribution in [0, 0.1) is 5.92 Å². The summed E-state index contributed by atoms with van der Waals surface area (Å²) in [6.07, 6.45) is 1.84. The van der Waals surface area contributed by atoms with E-state index < -0.39 is 5.97 Å². The summed E-state index contributed by atoms with van der Waals surface area (Å²) in [7, 11) is 0. The van der Waals surface area contributed by atoms with Gasteiger partial charge in [0.15, 0.2) is 0 Å². The van der Waals surface area contributed by atoms with E-state index in [0.29, 0.717) is 10.6 Å². The van der Waals surface area contributed by atoms with Gasteiger partial charge >= 0.3 is 5.97 Å². The average molecular weight is 269 g/mol. The second-order valence-corrected chi connectivity index (χ2v) is 5.21. The van der Waals surface area contributed by atoms with Crippen LogP contribution >= 0.6 is 11.8 Å².